The van der Waals surface area contributed by atoms with Crippen LogP contribution >= 0.6 is 12.4 Å². The van der Waals surface area contributed by atoms with Crippen LogP contribution in [0, 0.1) is 0 Å². The molecule has 0 bridgehead atoms. The molecule has 3 N–H and O–H groups in total. The number of para-hydroxylation sites is 2. The highest BCUT2D eigenvalue weighted by Crippen LogP contribution is 2.21. The van der Waals surface area contributed by atoms with E-state index >= 15 is 0 Å². The summed E-state index contributed by atoms with van der Waals surface area (Å²) in [6.07, 6.45) is 0.843. The minimum atomic E-state index is -0.228. The summed E-state index contributed by atoms with van der Waals surface area (Å²) in [5, 5.41) is 2.90. The number of aryl methyl sites for hydroxylation is 1. The molecular weight excluding hydrogens is 352 g/mol. The van der Waals surface area contributed by atoms with Gasteiger partial charge < -0.3 is 15.0 Å². The normalized spacial score (nSPS) is 10.5. The number of nitrogens with zero attached hydrogens (tertiary/aromatic N) is 2. The topological polar surface area (TPSA) is 82.2 Å². The molecule has 0 fully saturated rings. The maximum absolute atomic E-state index is 12.5. The third kappa shape index (κ3) is 4.53. The summed E-state index contributed by atoms with van der Waals surface area (Å²) in [4.78, 5) is 17.1. The largest absolute Gasteiger partial charge is 0.399 e. The van der Waals surface area contributed by atoms with Crippen molar-refractivity contribution in [3.05, 3.63) is 54.1 Å². The van der Waals surface area contributed by atoms with E-state index in [9.17, 15) is 4.79 Å². The third-order valence-electron chi connectivity index (χ3n) is 3.90. The number of nitrogens with one attached hydrogen (secondary N) is 1. The SMILES string of the molecule is CCOCCCn1c(NC(=O)c2cccc(N)c2)nc2ccccc21.Cl. The van der Waals surface area contributed by atoms with E-state index in [2.05, 4.69) is 10.3 Å². The summed E-state index contributed by atoms with van der Waals surface area (Å²) in [5.74, 6) is 0.304. The molecule has 0 aliphatic carbocycles. The van der Waals surface area contributed by atoms with Gasteiger partial charge in [0.05, 0.1) is 11.0 Å². The first-order valence-electron chi connectivity index (χ1n) is 8.39. The van der Waals surface area contributed by atoms with Gasteiger partial charge in [-0.15, -0.1) is 12.4 Å². The van der Waals surface area contributed by atoms with Crippen LogP contribution in [-0.4, -0.2) is 28.7 Å². The van der Waals surface area contributed by atoms with E-state index in [1.165, 1.54) is 0 Å². The number of carbonyl (C=O) groups is 1. The average molecular weight is 375 g/mol. The Kier molecular flexibility index (Phi) is 7.00. The van der Waals surface area contributed by atoms with Gasteiger partial charge in [-0.3, -0.25) is 10.1 Å². The van der Waals surface area contributed by atoms with Crippen molar-refractivity contribution >= 4 is 41.0 Å². The summed E-state index contributed by atoms with van der Waals surface area (Å²) in [6.45, 7) is 4.06. The lowest BCUT2D eigenvalue weighted by Gasteiger charge is -2.10. The van der Waals surface area contributed by atoms with Gasteiger partial charge in [0.1, 0.15) is 0 Å². The molecule has 3 rings (SSSR count). The van der Waals surface area contributed by atoms with Crippen molar-refractivity contribution in [2.75, 3.05) is 24.3 Å². The standard InChI is InChI=1S/C19H22N4O2.ClH/c1-2-25-12-6-11-23-17-10-4-3-9-16(17)21-19(23)22-18(24)14-7-5-8-15(20)13-14;/h3-5,7-10,13H,2,6,11-12,20H2,1H3,(H,21,22,24);1H. The number of carbonyl (C=O) groups excluding carboxylic acids is 1. The molecular formula is C19H23ClN4O2. The second-order valence-corrected chi connectivity index (χ2v) is 5.71. The molecule has 0 aliphatic rings. The predicted molar refractivity (Wildman–Crippen MR) is 107 cm³/mol. The first kappa shape index (κ1) is 19.8. The number of ether oxygens (including phenoxy) is 1. The van der Waals surface area contributed by atoms with Crippen molar-refractivity contribution in [3.63, 3.8) is 0 Å². The Balaban J connectivity index is 0.00000243. The van der Waals surface area contributed by atoms with Crippen molar-refractivity contribution in [2.45, 2.75) is 19.9 Å². The summed E-state index contributed by atoms with van der Waals surface area (Å²) in [5.41, 5.74) is 8.66. The Labute approximate surface area is 158 Å². The fourth-order valence-electron chi connectivity index (χ4n) is 2.72. The molecule has 2 aromatic carbocycles. The number of benzene rings is 2. The molecule has 3 aromatic rings. The number of imidazole rings is 1. The average Bonchev–Trinajstić information content (AvgIpc) is 2.96. The molecule has 1 amide bonds. The second-order valence-electron chi connectivity index (χ2n) is 5.71. The van der Waals surface area contributed by atoms with E-state index in [0.29, 0.717) is 37.0 Å². The molecule has 7 heteroatoms. The highest BCUT2D eigenvalue weighted by atomic mass is 35.5. The lowest BCUT2D eigenvalue weighted by Crippen LogP contribution is -2.16. The van der Waals surface area contributed by atoms with Crippen LogP contribution < -0.4 is 11.1 Å². The Morgan fingerprint density at radius 3 is 2.81 bits per heavy atom. The van der Waals surface area contributed by atoms with Gasteiger partial charge in [0.25, 0.3) is 5.91 Å². The minimum absolute atomic E-state index is 0. The lowest BCUT2D eigenvalue weighted by molar-refractivity contribution is 0.102. The van der Waals surface area contributed by atoms with Crippen molar-refractivity contribution in [1.82, 2.24) is 9.55 Å². The zero-order chi connectivity index (χ0) is 17.6. The van der Waals surface area contributed by atoms with E-state index in [1.807, 2.05) is 35.8 Å². The first-order chi connectivity index (χ1) is 12.2. The first-order valence-corrected chi connectivity index (χ1v) is 8.39. The van der Waals surface area contributed by atoms with Gasteiger partial charge in [0.15, 0.2) is 0 Å². The maximum Gasteiger partial charge on any atom is 0.258 e. The van der Waals surface area contributed by atoms with E-state index < -0.39 is 0 Å². The van der Waals surface area contributed by atoms with Crippen molar-refractivity contribution in [3.8, 4) is 0 Å². The summed E-state index contributed by atoms with van der Waals surface area (Å²) < 4.78 is 7.42. The number of hydrogen-bond donors (Lipinski definition) is 2. The van der Waals surface area contributed by atoms with Crippen LogP contribution in [0.4, 0.5) is 11.6 Å². The van der Waals surface area contributed by atoms with E-state index in [4.69, 9.17) is 10.5 Å². The molecule has 6 nitrogen and oxygen atoms in total. The van der Waals surface area contributed by atoms with Gasteiger partial charge in [-0.2, -0.15) is 0 Å². The number of hydrogen-bond acceptors (Lipinski definition) is 4. The molecule has 1 aromatic heterocycles. The minimum Gasteiger partial charge on any atom is -0.399 e. The van der Waals surface area contributed by atoms with Crippen LogP contribution in [0.1, 0.15) is 23.7 Å². The van der Waals surface area contributed by atoms with Crippen molar-refractivity contribution in [1.29, 1.82) is 0 Å². The van der Waals surface area contributed by atoms with E-state index in [0.717, 1.165) is 17.5 Å². The number of aromatic nitrogens is 2. The van der Waals surface area contributed by atoms with Gasteiger partial charge in [0.2, 0.25) is 5.95 Å². The second kappa shape index (κ2) is 9.22. The van der Waals surface area contributed by atoms with Gasteiger partial charge in [-0.05, 0) is 43.7 Å². The van der Waals surface area contributed by atoms with Crippen LogP contribution in [0.3, 0.4) is 0 Å². The summed E-state index contributed by atoms with van der Waals surface area (Å²) in [6, 6.07) is 14.7. The molecule has 138 valence electrons. The van der Waals surface area contributed by atoms with Crippen molar-refractivity contribution in [2.24, 2.45) is 0 Å². The van der Waals surface area contributed by atoms with Gasteiger partial charge >= 0.3 is 0 Å². The van der Waals surface area contributed by atoms with E-state index in [1.54, 1.807) is 24.3 Å². The Hall–Kier alpha value is -2.57. The van der Waals surface area contributed by atoms with Crippen LogP contribution in [0.25, 0.3) is 11.0 Å². The molecule has 1 heterocycles. The third-order valence-corrected chi connectivity index (χ3v) is 3.90. The van der Waals surface area contributed by atoms with Crippen LogP contribution in [0.2, 0.25) is 0 Å². The molecule has 0 radical (unpaired) electrons. The quantitative estimate of drug-likeness (QED) is 0.487. The molecule has 0 spiro atoms. The van der Waals surface area contributed by atoms with E-state index in [-0.39, 0.29) is 18.3 Å². The van der Waals surface area contributed by atoms with Crippen LogP contribution in [0.15, 0.2) is 48.5 Å². The number of anilines is 2. The number of nitrogens with two attached hydrogens (primary N) is 1. The Bertz CT molecular complexity index is 879. The summed E-state index contributed by atoms with van der Waals surface area (Å²) >= 11 is 0. The highest BCUT2D eigenvalue weighted by Gasteiger charge is 2.14. The van der Waals surface area contributed by atoms with Crippen LogP contribution in [0.5, 0.6) is 0 Å². The number of fused-ring (bicyclic) bond motifs is 1. The smallest absolute Gasteiger partial charge is 0.258 e. The highest BCUT2D eigenvalue weighted by molar-refractivity contribution is 6.04. The van der Waals surface area contributed by atoms with Gasteiger partial charge in [-0.1, -0.05) is 18.2 Å². The lowest BCUT2D eigenvalue weighted by atomic mass is 10.2. The molecule has 0 saturated carbocycles. The van der Waals surface area contributed by atoms with Gasteiger partial charge in [0, 0.05) is 31.0 Å². The van der Waals surface area contributed by atoms with Crippen LogP contribution in [-0.2, 0) is 11.3 Å². The molecule has 26 heavy (non-hydrogen) atoms. The predicted octanol–water partition coefficient (Wildman–Crippen LogP) is 3.72. The Morgan fingerprint density at radius 2 is 2.04 bits per heavy atom. The fraction of sp³-hybridized carbons (Fsp3) is 0.263. The van der Waals surface area contributed by atoms with Crippen molar-refractivity contribution < 1.29 is 9.53 Å². The Morgan fingerprint density at radius 1 is 1.23 bits per heavy atom. The zero-order valence-corrected chi connectivity index (χ0v) is 15.5. The molecule has 0 saturated heterocycles. The molecule has 0 atom stereocenters. The summed E-state index contributed by atoms with van der Waals surface area (Å²) in [7, 11) is 0. The zero-order valence-electron chi connectivity index (χ0n) is 14.6. The number of nitrogen functional groups attached to an aromatic ring is 1. The molecule has 0 aliphatic heterocycles. The monoisotopic (exact) mass is 374 g/mol. The number of amides is 1. The molecule has 0 unspecified atom stereocenters. The maximum atomic E-state index is 12.5. The number of rotatable bonds is 7. The number of halogens is 1. The van der Waals surface area contributed by atoms with Gasteiger partial charge in [-0.25, -0.2) is 4.98 Å². The fourth-order valence-corrected chi connectivity index (χ4v) is 2.72.